The Kier molecular flexibility index (Phi) is 20.8. The topological polar surface area (TPSA) is 167 Å². The monoisotopic (exact) mass is 252 g/mol. The van der Waals surface area contributed by atoms with Crippen molar-refractivity contribution in [3.63, 3.8) is 0 Å². The molecule has 17 heavy (non-hydrogen) atoms. The van der Waals surface area contributed by atoms with Crippen LogP contribution in [-0.2, 0) is 9.59 Å². The summed E-state index contributed by atoms with van der Waals surface area (Å²) in [4.78, 5) is 19.7. The third-order valence-electron chi connectivity index (χ3n) is 0.925. The van der Waals surface area contributed by atoms with Crippen LogP contribution < -0.4 is 11.5 Å². The fraction of sp³-hybridized carbons (Fsp3) is 0.556. The lowest BCUT2D eigenvalue weighted by molar-refractivity contribution is -0.139. The van der Waals surface area contributed by atoms with Crippen molar-refractivity contribution in [2.75, 3.05) is 26.3 Å². The van der Waals surface area contributed by atoms with Gasteiger partial charge in [-0.15, -0.1) is 0 Å². The minimum atomic E-state index is -1.27. The van der Waals surface area contributed by atoms with Gasteiger partial charge < -0.3 is 31.9 Å². The summed E-state index contributed by atoms with van der Waals surface area (Å²) in [7, 11) is 0. The smallest absolute Gasteiger partial charge is 0.331 e. The zero-order valence-corrected chi connectivity index (χ0v) is 9.50. The summed E-state index contributed by atoms with van der Waals surface area (Å²) in [5, 5.41) is 31.6. The molecule has 8 nitrogen and oxygen atoms in total. The van der Waals surface area contributed by atoms with Gasteiger partial charge in [-0.2, -0.15) is 0 Å². The second kappa shape index (κ2) is 16.9. The van der Waals surface area contributed by atoms with Crippen LogP contribution in [0.25, 0.3) is 0 Å². The Balaban J connectivity index is -0.000000205. The normalized spacial score (nSPS) is 8.00. The van der Waals surface area contributed by atoms with Crippen LogP contribution in [0.15, 0.2) is 12.2 Å². The highest BCUT2D eigenvalue weighted by Gasteiger charge is 2.07. The molecule has 0 aliphatic heterocycles. The molecule has 0 bridgehead atoms. The molecule has 0 saturated carbocycles. The van der Waals surface area contributed by atoms with E-state index in [4.69, 9.17) is 31.9 Å². The number of hydrogen-bond donors (Lipinski definition) is 6. The summed E-state index contributed by atoms with van der Waals surface area (Å²) >= 11 is 0. The third kappa shape index (κ3) is 31.4. The quantitative estimate of drug-likeness (QED) is 0.305. The molecule has 0 atom stereocenters. The van der Waals surface area contributed by atoms with E-state index in [1.165, 1.54) is 0 Å². The molecule has 0 unspecified atom stereocenters. The first kappa shape index (κ1) is 20.9. The van der Waals surface area contributed by atoms with E-state index in [2.05, 4.69) is 6.58 Å². The molecule has 0 aliphatic carbocycles. The predicted octanol–water partition coefficient (Wildman–Crippen LogP) is -2.02. The van der Waals surface area contributed by atoms with Crippen LogP contribution >= 0.6 is 0 Å². The Morgan fingerprint density at radius 3 is 1.35 bits per heavy atom. The summed E-state index contributed by atoms with van der Waals surface area (Å²) < 4.78 is 0. The van der Waals surface area contributed by atoms with Gasteiger partial charge in [-0.3, -0.25) is 4.79 Å². The highest BCUT2D eigenvalue weighted by atomic mass is 16.4. The minimum Gasteiger partial charge on any atom is -0.481 e. The SMILES string of the molecule is C=C(CC(=O)O)C(=O)O.NCCO.NCCO. The van der Waals surface area contributed by atoms with Crippen molar-refractivity contribution in [3.8, 4) is 0 Å². The molecule has 0 aliphatic rings. The number of aliphatic carboxylic acids is 2. The molecule has 0 heterocycles. The van der Waals surface area contributed by atoms with Crippen LogP contribution in [0.1, 0.15) is 6.42 Å². The van der Waals surface area contributed by atoms with Crippen LogP contribution in [0, 0.1) is 0 Å². The fourth-order valence-corrected chi connectivity index (χ4v) is 0.258. The molecule has 0 aromatic heterocycles. The van der Waals surface area contributed by atoms with E-state index in [9.17, 15) is 9.59 Å². The molecule has 0 aromatic rings. The highest BCUT2D eigenvalue weighted by molar-refractivity contribution is 5.91. The highest BCUT2D eigenvalue weighted by Crippen LogP contribution is 1.95. The summed E-state index contributed by atoms with van der Waals surface area (Å²) in [6.45, 7) is 3.96. The van der Waals surface area contributed by atoms with Gasteiger partial charge in [0.15, 0.2) is 0 Å². The largest absolute Gasteiger partial charge is 0.481 e. The zero-order chi connectivity index (χ0) is 14.3. The number of nitrogens with two attached hydrogens (primary N) is 2. The molecule has 0 saturated heterocycles. The number of aliphatic hydroxyl groups is 2. The summed E-state index contributed by atoms with van der Waals surface area (Å²) in [5.41, 5.74) is 9.25. The van der Waals surface area contributed by atoms with Gasteiger partial charge in [0, 0.05) is 18.7 Å². The first-order valence-electron chi connectivity index (χ1n) is 4.62. The van der Waals surface area contributed by atoms with Crippen molar-refractivity contribution in [2.24, 2.45) is 11.5 Å². The van der Waals surface area contributed by atoms with Gasteiger partial charge in [0.1, 0.15) is 0 Å². The van der Waals surface area contributed by atoms with Gasteiger partial charge in [-0.25, -0.2) is 4.79 Å². The molecule has 0 rings (SSSR count). The van der Waals surface area contributed by atoms with Gasteiger partial charge in [-0.05, 0) is 0 Å². The molecule has 8 N–H and O–H groups in total. The first-order chi connectivity index (χ1) is 7.87. The van der Waals surface area contributed by atoms with E-state index in [0.29, 0.717) is 13.1 Å². The molecule has 0 radical (unpaired) electrons. The van der Waals surface area contributed by atoms with Crippen molar-refractivity contribution < 1.29 is 30.0 Å². The van der Waals surface area contributed by atoms with E-state index >= 15 is 0 Å². The van der Waals surface area contributed by atoms with Crippen molar-refractivity contribution in [1.29, 1.82) is 0 Å². The van der Waals surface area contributed by atoms with Crippen molar-refractivity contribution in [2.45, 2.75) is 6.42 Å². The fourth-order valence-electron chi connectivity index (χ4n) is 0.258. The third-order valence-corrected chi connectivity index (χ3v) is 0.925. The van der Waals surface area contributed by atoms with Crippen molar-refractivity contribution in [1.82, 2.24) is 0 Å². The predicted molar refractivity (Wildman–Crippen MR) is 61.3 cm³/mol. The maximum absolute atomic E-state index is 9.87. The lowest BCUT2D eigenvalue weighted by Crippen LogP contribution is -2.04. The van der Waals surface area contributed by atoms with E-state index in [0.717, 1.165) is 0 Å². The van der Waals surface area contributed by atoms with Crippen LogP contribution in [-0.4, -0.2) is 58.7 Å². The van der Waals surface area contributed by atoms with E-state index in [-0.39, 0.29) is 18.8 Å². The van der Waals surface area contributed by atoms with E-state index in [1.807, 2.05) is 0 Å². The lowest BCUT2D eigenvalue weighted by Gasteiger charge is -1.91. The average Bonchev–Trinajstić information content (AvgIpc) is 2.28. The standard InChI is InChI=1S/C5H6O4.2C2H7NO/c1-3(5(8)9)2-4(6)7;2*3-1-2-4/h1-2H2,(H,6,7)(H,8,9);2*4H,1-3H2. The Bertz CT molecular complexity index is 212. The number of carboxylic acids is 2. The molecule has 0 amide bonds. The second-order valence-corrected chi connectivity index (χ2v) is 2.50. The Morgan fingerprint density at radius 2 is 1.29 bits per heavy atom. The molecule has 8 heteroatoms. The lowest BCUT2D eigenvalue weighted by atomic mass is 10.2. The summed E-state index contributed by atoms with van der Waals surface area (Å²) in [5.74, 6) is -2.44. The van der Waals surface area contributed by atoms with Crippen LogP contribution in [0.5, 0.6) is 0 Å². The Hall–Kier alpha value is -1.48. The van der Waals surface area contributed by atoms with Crippen molar-refractivity contribution >= 4 is 11.9 Å². The van der Waals surface area contributed by atoms with Crippen LogP contribution in [0.4, 0.5) is 0 Å². The Labute approximate surface area is 99.2 Å². The molecule has 0 spiro atoms. The maximum Gasteiger partial charge on any atom is 0.331 e. The van der Waals surface area contributed by atoms with Crippen molar-refractivity contribution in [3.05, 3.63) is 12.2 Å². The average molecular weight is 252 g/mol. The molecular weight excluding hydrogens is 232 g/mol. The van der Waals surface area contributed by atoms with Gasteiger partial charge in [0.05, 0.1) is 19.6 Å². The second-order valence-electron chi connectivity index (χ2n) is 2.50. The maximum atomic E-state index is 9.87. The van der Waals surface area contributed by atoms with Gasteiger partial charge in [-0.1, -0.05) is 6.58 Å². The molecule has 102 valence electrons. The molecule has 0 fully saturated rings. The number of aliphatic hydroxyl groups excluding tert-OH is 2. The van der Waals surface area contributed by atoms with Crippen LogP contribution in [0.2, 0.25) is 0 Å². The first-order valence-corrected chi connectivity index (χ1v) is 4.62. The summed E-state index contributed by atoms with van der Waals surface area (Å²) in [6.07, 6.45) is -0.505. The van der Waals surface area contributed by atoms with E-state index < -0.39 is 18.4 Å². The van der Waals surface area contributed by atoms with Gasteiger partial charge in [0.25, 0.3) is 0 Å². The summed E-state index contributed by atoms with van der Waals surface area (Å²) in [6, 6.07) is 0. The zero-order valence-electron chi connectivity index (χ0n) is 9.50. The minimum absolute atomic E-state index is 0.0972. The van der Waals surface area contributed by atoms with E-state index in [1.54, 1.807) is 0 Å². The Morgan fingerprint density at radius 1 is 1.00 bits per heavy atom. The van der Waals surface area contributed by atoms with Gasteiger partial charge in [0.2, 0.25) is 0 Å². The number of rotatable bonds is 5. The van der Waals surface area contributed by atoms with Gasteiger partial charge >= 0.3 is 11.9 Å². The number of carbonyl (C=O) groups is 2. The number of hydrogen-bond acceptors (Lipinski definition) is 6. The molecule has 0 aromatic carbocycles. The van der Waals surface area contributed by atoms with Crippen LogP contribution in [0.3, 0.4) is 0 Å². The molecular formula is C9H20N2O6. The number of carboxylic acid groups (broad SMARTS) is 2.